The summed E-state index contributed by atoms with van der Waals surface area (Å²) in [4.78, 5) is 24.8. The lowest BCUT2D eigenvalue weighted by Gasteiger charge is -2.19. The Kier molecular flexibility index (Phi) is 6.22. The normalized spacial score (nSPS) is 10.3. The Bertz CT molecular complexity index is 814. The number of rotatable bonds is 4. The fourth-order valence-electron chi connectivity index (χ4n) is 2.11. The first-order valence-electron chi connectivity index (χ1n) is 7.30. The first-order chi connectivity index (χ1) is 11.8. The van der Waals surface area contributed by atoms with E-state index >= 15 is 0 Å². The number of hydrogen-bond donors (Lipinski definition) is 2. The summed E-state index contributed by atoms with van der Waals surface area (Å²) >= 11 is 12.1. The van der Waals surface area contributed by atoms with E-state index in [0.29, 0.717) is 21.3 Å². The van der Waals surface area contributed by atoms with E-state index in [4.69, 9.17) is 23.2 Å². The minimum Gasteiger partial charge on any atom is -0.324 e. The Balaban J connectivity index is 2.08. The second kappa shape index (κ2) is 8.18. The predicted octanol–water partition coefficient (Wildman–Crippen LogP) is 4.75. The summed E-state index contributed by atoms with van der Waals surface area (Å²) in [6.45, 7) is 1.51. The molecule has 0 aliphatic rings. The fraction of sp³-hybridized carbons (Fsp3) is 0.176. The van der Waals surface area contributed by atoms with Crippen LogP contribution in [-0.4, -0.2) is 23.9 Å². The van der Waals surface area contributed by atoms with Crippen LogP contribution in [0.3, 0.4) is 0 Å². The third-order valence-corrected chi connectivity index (χ3v) is 4.17. The molecule has 25 heavy (non-hydrogen) atoms. The molecule has 0 heterocycles. The number of amides is 3. The maximum atomic E-state index is 13.6. The van der Waals surface area contributed by atoms with Crippen LogP contribution in [0.2, 0.25) is 10.0 Å². The van der Waals surface area contributed by atoms with Gasteiger partial charge in [-0.1, -0.05) is 35.3 Å². The predicted molar refractivity (Wildman–Crippen MR) is 97.7 cm³/mol. The summed E-state index contributed by atoms with van der Waals surface area (Å²) in [7, 11) is 1.59. The molecule has 5 nitrogen and oxygen atoms in total. The molecule has 0 saturated heterocycles. The van der Waals surface area contributed by atoms with Gasteiger partial charge in [0.15, 0.2) is 0 Å². The molecule has 3 amide bonds. The molecule has 0 radical (unpaired) electrons. The van der Waals surface area contributed by atoms with Gasteiger partial charge in [0.1, 0.15) is 5.82 Å². The maximum Gasteiger partial charge on any atom is 0.321 e. The van der Waals surface area contributed by atoms with Gasteiger partial charge in [-0.15, -0.1) is 0 Å². The van der Waals surface area contributed by atoms with E-state index in [2.05, 4.69) is 10.6 Å². The van der Waals surface area contributed by atoms with Crippen molar-refractivity contribution in [2.75, 3.05) is 17.7 Å². The molecule has 2 rings (SSSR count). The molecule has 132 valence electrons. The van der Waals surface area contributed by atoms with Crippen molar-refractivity contribution in [3.8, 4) is 0 Å². The number of halogens is 3. The summed E-state index contributed by atoms with van der Waals surface area (Å²) < 4.78 is 13.6. The quantitative estimate of drug-likeness (QED) is 0.799. The van der Waals surface area contributed by atoms with Crippen molar-refractivity contribution in [2.45, 2.75) is 13.5 Å². The highest BCUT2D eigenvalue weighted by molar-refractivity contribution is 6.42. The molecule has 0 aliphatic carbocycles. The molecule has 0 bridgehead atoms. The Morgan fingerprint density at radius 3 is 2.56 bits per heavy atom. The highest BCUT2D eigenvalue weighted by Crippen LogP contribution is 2.26. The van der Waals surface area contributed by atoms with Crippen LogP contribution in [0.5, 0.6) is 0 Å². The van der Waals surface area contributed by atoms with Crippen LogP contribution in [0, 0.1) is 5.82 Å². The van der Waals surface area contributed by atoms with Gasteiger partial charge in [0.25, 0.3) is 0 Å². The molecule has 0 spiro atoms. The van der Waals surface area contributed by atoms with E-state index in [1.54, 1.807) is 25.2 Å². The van der Waals surface area contributed by atoms with Gasteiger partial charge < -0.3 is 15.5 Å². The second-order valence-electron chi connectivity index (χ2n) is 5.37. The van der Waals surface area contributed by atoms with Crippen LogP contribution in [0.15, 0.2) is 36.4 Å². The number of anilines is 2. The van der Waals surface area contributed by atoms with E-state index in [9.17, 15) is 14.0 Å². The largest absolute Gasteiger partial charge is 0.324 e. The zero-order valence-electron chi connectivity index (χ0n) is 13.6. The molecular formula is C17H16Cl2FN3O2. The average molecular weight is 384 g/mol. The number of carbonyl (C=O) groups excluding carboxylic acids is 2. The third kappa shape index (κ3) is 5.08. The lowest BCUT2D eigenvalue weighted by atomic mass is 10.2. The highest BCUT2D eigenvalue weighted by Gasteiger charge is 2.14. The molecule has 8 heteroatoms. The molecule has 0 unspecified atom stereocenters. The lowest BCUT2D eigenvalue weighted by molar-refractivity contribution is -0.114. The Morgan fingerprint density at radius 1 is 1.16 bits per heavy atom. The lowest BCUT2D eigenvalue weighted by Crippen LogP contribution is -2.31. The van der Waals surface area contributed by atoms with Crippen LogP contribution >= 0.6 is 23.2 Å². The highest BCUT2D eigenvalue weighted by atomic mass is 35.5. The first kappa shape index (κ1) is 19.0. The van der Waals surface area contributed by atoms with E-state index in [0.717, 1.165) is 6.07 Å². The topological polar surface area (TPSA) is 61.4 Å². The number of carbonyl (C=O) groups is 2. The van der Waals surface area contributed by atoms with Crippen LogP contribution in [-0.2, 0) is 11.3 Å². The number of urea groups is 1. The molecule has 2 N–H and O–H groups in total. The molecule has 0 atom stereocenters. The third-order valence-electron chi connectivity index (χ3n) is 3.31. The van der Waals surface area contributed by atoms with Gasteiger partial charge in [0.2, 0.25) is 5.91 Å². The van der Waals surface area contributed by atoms with Crippen molar-refractivity contribution in [3.63, 3.8) is 0 Å². The second-order valence-corrected chi connectivity index (χ2v) is 6.16. The van der Waals surface area contributed by atoms with E-state index in [1.165, 1.54) is 24.0 Å². The minimum atomic E-state index is -0.590. The van der Waals surface area contributed by atoms with Gasteiger partial charge in [-0.25, -0.2) is 9.18 Å². The van der Waals surface area contributed by atoms with Crippen molar-refractivity contribution >= 4 is 46.5 Å². The van der Waals surface area contributed by atoms with Crippen molar-refractivity contribution in [1.29, 1.82) is 0 Å². The average Bonchev–Trinajstić information content (AvgIpc) is 2.54. The van der Waals surface area contributed by atoms with Gasteiger partial charge in [-0.05, 0) is 29.8 Å². The van der Waals surface area contributed by atoms with Gasteiger partial charge in [-0.2, -0.15) is 0 Å². The molecule has 2 aromatic carbocycles. The van der Waals surface area contributed by atoms with Crippen molar-refractivity contribution in [2.24, 2.45) is 0 Å². The molecular weight excluding hydrogens is 368 g/mol. The summed E-state index contributed by atoms with van der Waals surface area (Å²) in [6.07, 6.45) is 0. The van der Waals surface area contributed by atoms with Gasteiger partial charge in [0.05, 0.1) is 15.7 Å². The van der Waals surface area contributed by atoms with Crippen LogP contribution in [0.4, 0.5) is 20.6 Å². The standard InChI is InChI=1S/C17H16Cl2FN3O2/c1-10(24)21-15-8-12(6-7-14(15)20)22-17(25)23(2)9-11-4-3-5-13(18)16(11)19/h3-8H,9H2,1-2H3,(H,21,24)(H,22,25). The number of benzene rings is 2. The van der Waals surface area contributed by atoms with Gasteiger partial charge in [-0.3, -0.25) is 4.79 Å². The summed E-state index contributed by atoms with van der Waals surface area (Å²) in [6, 6.07) is 8.66. The number of nitrogens with zero attached hydrogens (tertiary/aromatic N) is 1. The zero-order valence-corrected chi connectivity index (χ0v) is 15.1. The summed E-state index contributed by atoms with van der Waals surface area (Å²) in [5.74, 6) is -0.998. The smallest absolute Gasteiger partial charge is 0.321 e. The van der Waals surface area contributed by atoms with Crippen LogP contribution in [0.1, 0.15) is 12.5 Å². The Hall–Kier alpha value is -2.31. The van der Waals surface area contributed by atoms with E-state index in [-0.39, 0.29) is 12.2 Å². The number of nitrogens with one attached hydrogen (secondary N) is 2. The molecule has 0 aromatic heterocycles. The maximum absolute atomic E-state index is 13.6. The van der Waals surface area contributed by atoms with Crippen LogP contribution in [0.25, 0.3) is 0 Å². The Labute approximate surface area is 154 Å². The Morgan fingerprint density at radius 2 is 1.88 bits per heavy atom. The fourth-order valence-corrected chi connectivity index (χ4v) is 2.49. The molecule has 0 saturated carbocycles. The van der Waals surface area contributed by atoms with Crippen molar-refractivity contribution < 1.29 is 14.0 Å². The van der Waals surface area contributed by atoms with E-state index < -0.39 is 17.8 Å². The summed E-state index contributed by atoms with van der Waals surface area (Å²) in [5.41, 5.74) is 1.04. The van der Waals surface area contributed by atoms with Gasteiger partial charge in [0, 0.05) is 26.2 Å². The SMILES string of the molecule is CC(=O)Nc1cc(NC(=O)N(C)Cc2cccc(Cl)c2Cl)ccc1F. The van der Waals surface area contributed by atoms with Gasteiger partial charge >= 0.3 is 6.03 Å². The van der Waals surface area contributed by atoms with E-state index in [1.807, 2.05) is 0 Å². The zero-order chi connectivity index (χ0) is 18.6. The number of hydrogen-bond acceptors (Lipinski definition) is 2. The molecule has 0 fully saturated rings. The summed E-state index contributed by atoms with van der Waals surface area (Å²) in [5, 5.41) is 5.78. The van der Waals surface area contributed by atoms with Crippen molar-refractivity contribution in [3.05, 3.63) is 57.8 Å². The van der Waals surface area contributed by atoms with Crippen molar-refractivity contribution in [1.82, 2.24) is 4.90 Å². The molecule has 0 aliphatic heterocycles. The van der Waals surface area contributed by atoms with Crippen LogP contribution < -0.4 is 10.6 Å². The minimum absolute atomic E-state index is 0.00848. The molecule has 2 aromatic rings. The monoisotopic (exact) mass is 383 g/mol. The first-order valence-corrected chi connectivity index (χ1v) is 8.05.